The third-order valence-corrected chi connectivity index (χ3v) is 3.86. The first-order chi connectivity index (χ1) is 9.75. The Hall–Kier alpha value is -1.79. The lowest BCUT2D eigenvalue weighted by Gasteiger charge is -2.27. The van der Waals surface area contributed by atoms with Crippen LogP contribution in [0.4, 0.5) is 0 Å². The highest BCUT2D eigenvalue weighted by Crippen LogP contribution is 2.24. The predicted molar refractivity (Wildman–Crippen MR) is 88.1 cm³/mol. The normalized spacial score (nSPS) is 12.3. The van der Waals surface area contributed by atoms with Gasteiger partial charge >= 0.3 is 0 Å². The van der Waals surface area contributed by atoms with Gasteiger partial charge in [0.15, 0.2) is 0 Å². The molecule has 1 aromatic carbocycles. The van der Waals surface area contributed by atoms with Crippen molar-refractivity contribution in [1.82, 2.24) is 5.32 Å². The van der Waals surface area contributed by atoms with Crippen LogP contribution in [0.3, 0.4) is 0 Å². The SMILES string of the molecule is Cc1ccc(C#CCN)cc1C(=O)NCC(C)C(C)(C)C. The van der Waals surface area contributed by atoms with Crippen LogP contribution in [0.1, 0.15) is 49.2 Å². The first-order valence-electron chi connectivity index (χ1n) is 7.33. The van der Waals surface area contributed by atoms with E-state index in [0.29, 0.717) is 24.6 Å². The van der Waals surface area contributed by atoms with E-state index in [1.807, 2.05) is 25.1 Å². The molecule has 21 heavy (non-hydrogen) atoms. The molecule has 1 unspecified atom stereocenters. The average Bonchev–Trinajstić information content (AvgIpc) is 2.42. The van der Waals surface area contributed by atoms with Crippen LogP contribution in [0.5, 0.6) is 0 Å². The van der Waals surface area contributed by atoms with Crippen molar-refractivity contribution in [3.05, 3.63) is 34.9 Å². The number of nitrogens with one attached hydrogen (secondary N) is 1. The maximum atomic E-state index is 12.3. The Morgan fingerprint density at radius 3 is 2.62 bits per heavy atom. The number of benzene rings is 1. The second-order valence-corrected chi connectivity index (χ2v) is 6.51. The second kappa shape index (κ2) is 7.28. The molecule has 1 aromatic rings. The van der Waals surface area contributed by atoms with Crippen LogP contribution < -0.4 is 11.1 Å². The van der Waals surface area contributed by atoms with Crippen molar-refractivity contribution in [2.75, 3.05) is 13.1 Å². The third-order valence-electron chi connectivity index (χ3n) is 3.86. The molecule has 0 saturated carbocycles. The molecule has 1 rings (SSSR count). The molecule has 0 aliphatic rings. The summed E-state index contributed by atoms with van der Waals surface area (Å²) in [6, 6.07) is 5.66. The van der Waals surface area contributed by atoms with Gasteiger partial charge < -0.3 is 11.1 Å². The molecule has 0 aromatic heterocycles. The zero-order valence-corrected chi connectivity index (χ0v) is 13.7. The zero-order chi connectivity index (χ0) is 16.0. The summed E-state index contributed by atoms with van der Waals surface area (Å²) in [7, 11) is 0. The van der Waals surface area contributed by atoms with E-state index in [1.165, 1.54) is 0 Å². The molecule has 0 saturated heterocycles. The van der Waals surface area contributed by atoms with E-state index in [-0.39, 0.29) is 11.3 Å². The van der Waals surface area contributed by atoms with Gasteiger partial charge in [-0.3, -0.25) is 4.79 Å². The molecule has 0 spiro atoms. The molecule has 3 N–H and O–H groups in total. The van der Waals surface area contributed by atoms with Gasteiger partial charge in [-0.05, 0) is 36.0 Å². The van der Waals surface area contributed by atoms with Crippen molar-refractivity contribution in [2.24, 2.45) is 17.1 Å². The summed E-state index contributed by atoms with van der Waals surface area (Å²) in [5, 5.41) is 3.02. The quantitative estimate of drug-likeness (QED) is 0.839. The molecule has 0 fully saturated rings. The monoisotopic (exact) mass is 286 g/mol. The summed E-state index contributed by atoms with van der Waals surface area (Å²) in [4.78, 5) is 12.3. The van der Waals surface area contributed by atoms with Crippen molar-refractivity contribution < 1.29 is 4.79 Å². The number of carbonyl (C=O) groups excluding carboxylic acids is 1. The van der Waals surface area contributed by atoms with Crippen molar-refractivity contribution in [1.29, 1.82) is 0 Å². The lowest BCUT2D eigenvalue weighted by Crippen LogP contribution is -2.34. The zero-order valence-electron chi connectivity index (χ0n) is 13.7. The van der Waals surface area contributed by atoms with E-state index < -0.39 is 0 Å². The van der Waals surface area contributed by atoms with Gasteiger partial charge in [-0.25, -0.2) is 0 Å². The Kier molecular flexibility index (Phi) is 5.99. The van der Waals surface area contributed by atoms with Crippen LogP contribution in [0.25, 0.3) is 0 Å². The molecule has 3 nitrogen and oxygen atoms in total. The summed E-state index contributed by atoms with van der Waals surface area (Å²) in [5.74, 6) is 6.13. The molecule has 1 atom stereocenters. The molecule has 0 aliphatic carbocycles. The number of carbonyl (C=O) groups is 1. The Morgan fingerprint density at radius 1 is 1.38 bits per heavy atom. The van der Waals surface area contributed by atoms with Gasteiger partial charge in [0.2, 0.25) is 0 Å². The maximum absolute atomic E-state index is 12.3. The molecule has 0 radical (unpaired) electrons. The van der Waals surface area contributed by atoms with Crippen LogP contribution in [-0.2, 0) is 0 Å². The number of rotatable bonds is 3. The summed E-state index contributed by atoms with van der Waals surface area (Å²) < 4.78 is 0. The molecule has 0 bridgehead atoms. The Labute approximate surface area is 128 Å². The highest BCUT2D eigenvalue weighted by molar-refractivity contribution is 5.96. The summed E-state index contributed by atoms with van der Waals surface area (Å²) in [5.41, 5.74) is 8.00. The third kappa shape index (κ3) is 5.24. The first kappa shape index (κ1) is 17.3. The van der Waals surface area contributed by atoms with Crippen molar-refractivity contribution >= 4 is 5.91 Å². The first-order valence-corrected chi connectivity index (χ1v) is 7.33. The fourth-order valence-corrected chi connectivity index (χ4v) is 1.74. The van der Waals surface area contributed by atoms with Crippen LogP contribution in [0.15, 0.2) is 18.2 Å². The molecular weight excluding hydrogens is 260 g/mol. The largest absolute Gasteiger partial charge is 0.352 e. The fourth-order valence-electron chi connectivity index (χ4n) is 1.74. The van der Waals surface area contributed by atoms with Crippen molar-refractivity contribution in [3.8, 4) is 11.8 Å². The predicted octanol–water partition coefficient (Wildman–Crippen LogP) is 2.72. The highest BCUT2D eigenvalue weighted by atomic mass is 16.1. The van der Waals surface area contributed by atoms with Gasteiger partial charge in [-0.15, -0.1) is 0 Å². The van der Waals surface area contributed by atoms with E-state index in [1.54, 1.807) is 0 Å². The molecule has 114 valence electrons. The average molecular weight is 286 g/mol. The van der Waals surface area contributed by atoms with Gasteiger partial charge in [-0.1, -0.05) is 45.6 Å². The lowest BCUT2D eigenvalue weighted by atomic mass is 9.82. The molecule has 0 aliphatic heterocycles. The van der Waals surface area contributed by atoms with E-state index in [2.05, 4.69) is 44.9 Å². The molecule has 1 amide bonds. The van der Waals surface area contributed by atoms with E-state index in [4.69, 9.17) is 5.73 Å². The Balaban J connectivity index is 2.82. The number of hydrogen-bond donors (Lipinski definition) is 2. The van der Waals surface area contributed by atoms with Gasteiger partial charge in [0.05, 0.1) is 6.54 Å². The Bertz CT molecular complexity index is 559. The summed E-state index contributed by atoms with van der Waals surface area (Å²) in [6.45, 7) is 11.6. The number of hydrogen-bond acceptors (Lipinski definition) is 2. The minimum atomic E-state index is -0.0417. The van der Waals surface area contributed by atoms with E-state index in [9.17, 15) is 4.79 Å². The van der Waals surface area contributed by atoms with E-state index in [0.717, 1.165) is 11.1 Å². The number of amides is 1. The van der Waals surface area contributed by atoms with Gasteiger partial charge in [0, 0.05) is 17.7 Å². The Morgan fingerprint density at radius 2 is 2.05 bits per heavy atom. The minimum Gasteiger partial charge on any atom is -0.352 e. The highest BCUT2D eigenvalue weighted by Gasteiger charge is 2.20. The topological polar surface area (TPSA) is 55.1 Å². The minimum absolute atomic E-state index is 0.0417. The molecular formula is C18H26N2O. The number of nitrogens with two attached hydrogens (primary N) is 1. The van der Waals surface area contributed by atoms with Crippen LogP contribution in [0, 0.1) is 30.1 Å². The maximum Gasteiger partial charge on any atom is 0.251 e. The second-order valence-electron chi connectivity index (χ2n) is 6.51. The summed E-state index contributed by atoms with van der Waals surface area (Å²) >= 11 is 0. The van der Waals surface area contributed by atoms with Crippen molar-refractivity contribution in [2.45, 2.75) is 34.6 Å². The van der Waals surface area contributed by atoms with Crippen LogP contribution in [0.2, 0.25) is 0 Å². The lowest BCUT2D eigenvalue weighted by molar-refractivity contribution is 0.0936. The smallest absolute Gasteiger partial charge is 0.251 e. The van der Waals surface area contributed by atoms with Crippen LogP contribution >= 0.6 is 0 Å². The summed E-state index contributed by atoms with van der Waals surface area (Å²) in [6.07, 6.45) is 0. The molecule has 3 heteroatoms. The van der Waals surface area contributed by atoms with Gasteiger partial charge in [0.1, 0.15) is 0 Å². The standard InChI is InChI=1S/C18H26N2O/c1-13-8-9-15(7-6-10-19)11-16(13)17(21)20-12-14(2)18(3,4)5/h8-9,11,14H,10,12,19H2,1-5H3,(H,20,21). The fraction of sp³-hybridized carbons (Fsp3) is 0.500. The van der Waals surface area contributed by atoms with Gasteiger partial charge in [0.25, 0.3) is 5.91 Å². The number of aryl methyl sites for hydroxylation is 1. The van der Waals surface area contributed by atoms with E-state index >= 15 is 0 Å². The van der Waals surface area contributed by atoms with Crippen LogP contribution in [-0.4, -0.2) is 19.0 Å². The van der Waals surface area contributed by atoms with Crippen molar-refractivity contribution in [3.63, 3.8) is 0 Å². The van der Waals surface area contributed by atoms with Gasteiger partial charge in [-0.2, -0.15) is 0 Å². The molecule has 0 heterocycles.